The van der Waals surface area contributed by atoms with Crippen LogP contribution in [0.1, 0.15) is 36.2 Å². The molecule has 0 fully saturated rings. The molecule has 0 aliphatic carbocycles. The Morgan fingerprint density at radius 3 is 2.48 bits per heavy atom. The number of carbonyl (C=O) groups is 3. The van der Waals surface area contributed by atoms with Crippen LogP contribution in [-0.4, -0.2) is 31.1 Å². The molecule has 0 heterocycles. The first-order chi connectivity index (χ1) is 11.6. The van der Waals surface area contributed by atoms with E-state index in [0.717, 1.165) is 24.6 Å². The number of esters is 1. The van der Waals surface area contributed by atoms with Gasteiger partial charge in [-0.15, -0.1) is 0 Å². The van der Waals surface area contributed by atoms with Crippen molar-refractivity contribution < 1.29 is 32.3 Å². The zero-order valence-corrected chi connectivity index (χ0v) is 13.8. The molecule has 0 atom stereocenters. The van der Waals surface area contributed by atoms with Gasteiger partial charge in [-0.3, -0.25) is 10.1 Å². The second-order valence-corrected chi connectivity index (χ2v) is 5.64. The highest BCUT2D eigenvalue weighted by Crippen LogP contribution is 2.29. The van der Waals surface area contributed by atoms with Crippen LogP contribution in [0.2, 0.25) is 0 Å². The largest absolute Gasteiger partial charge is 0.452 e. The molecule has 0 saturated heterocycles. The summed E-state index contributed by atoms with van der Waals surface area (Å²) < 4.78 is 42.3. The van der Waals surface area contributed by atoms with Gasteiger partial charge in [0.15, 0.2) is 6.61 Å². The van der Waals surface area contributed by atoms with Gasteiger partial charge in [-0.05, 0) is 30.5 Å². The number of hydrogen-bond donors (Lipinski definition) is 2. The van der Waals surface area contributed by atoms with Crippen LogP contribution < -0.4 is 10.6 Å². The maximum atomic E-state index is 12.6. The monoisotopic (exact) mass is 360 g/mol. The predicted octanol–water partition coefficient (Wildman–Crippen LogP) is 2.73. The first-order valence-corrected chi connectivity index (χ1v) is 7.51. The number of nitrogens with one attached hydrogen (secondary N) is 2. The van der Waals surface area contributed by atoms with E-state index in [1.54, 1.807) is 0 Å². The van der Waals surface area contributed by atoms with Crippen molar-refractivity contribution in [3.63, 3.8) is 0 Å². The van der Waals surface area contributed by atoms with Crippen molar-refractivity contribution in [2.75, 3.05) is 13.2 Å². The van der Waals surface area contributed by atoms with Gasteiger partial charge in [0.25, 0.3) is 5.91 Å². The lowest BCUT2D eigenvalue weighted by atomic mass is 10.1. The molecule has 25 heavy (non-hydrogen) atoms. The molecule has 0 spiro atoms. The third-order valence-corrected chi connectivity index (χ3v) is 3.02. The Morgan fingerprint density at radius 2 is 1.88 bits per heavy atom. The van der Waals surface area contributed by atoms with Crippen LogP contribution >= 0.6 is 0 Å². The summed E-state index contributed by atoms with van der Waals surface area (Å²) in [5.74, 6) is -1.60. The molecule has 0 unspecified atom stereocenters. The van der Waals surface area contributed by atoms with Crippen LogP contribution in [-0.2, 0) is 15.7 Å². The molecule has 0 saturated carbocycles. The van der Waals surface area contributed by atoms with Gasteiger partial charge in [0.05, 0.1) is 11.1 Å². The van der Waals surface area contributed by atoms with Gasteiger partial charge in [-0.25, -0.2) is 9.59 Å². The molecule has 0 bridgehead atoms. The van der Waals surface area contributed by atoms with Gasteiger partial charge >= 0.3 is 18.2 Å². The van der Waals surface area contributed by atoms with E-state index in [-0.39, 0.29) is 5.56 Å². The molecule has 2 N–H and O–H groups in total. The third-order valence-electron chi connectivity index (χ3n) is 3.02. The number of hydrogen-bond acceptors (Lipinski definition) is 4. The molecular weight excluding hydrogens is 341 g/mol. The molecule has 6 nitrogen and oxygen atoms in total. The topological polar surface area (TPSA) is 84.5 Å². The van der Waals surface area contributed by atoms with Crippen molar-refractivity contribution in [2.45, 2.75) is 26.4 Å². The van der Waals surface area contributed by atoms with E-state index < -0.39 is 36.3 Å². The van der Waals surface area contributed by atoms with E-state index in [2.05, 4.69) is 10.1 Å². The summed E-state index contributed by atoms with van der Waals surface area (Å²) in [6.07, 6.45) is -3.87. The van der Waals surface area contributed by atoms with Gasteiger partial charge in [-0.1, -0.05) is 19.9 Å². The quantitative estimate of drug-likeness (QED) is 0.764. The third kappa shape index (κ3) is 7.69. The number of benzene rings is 1. The SMILES string of the molecule is CC(C)CCNC(=O)NC(=O)COC(=O)c1cccc(C(F)(F)F)c1. The fraction of sp³-hybridized carbons (Fsp3) is 0.438. The van der Waals surface area contributed by atoms with Gasteiger partial charge < -0.3 is 10.1 Å². The van der Waals surface area contributed by atoms with Gasteiger partial charge in [0.1, 0.15) is 0 Å². The Bertz CT molecular complexity index is 630. The first kappa shape index (κ1) is 20.5. The number of halogens is 3. The zero-order valence-electron chi connectivity index (χ0n) is 13.8. The standard InChI is InChI=1S/C16H19F3N2O4/c1-10(2)6-7-20-15(24)21-13(22)9-25-14(23)11-4-3-5-12(8-11)16(17,18)19/h3-5,8,10H,6-7,9H2,1-2H3,(H2,20,21,22,24). The number of amides is 3. The minimum absolute atomic E-state index is 0.344. The summed E-state index contributed by atoms with van der Waals surface area (Å²) in [7, 11) is 0. The number of alkyl halides is 3. The molecule has 0 aliphatic heterocycles. The predicted molar refractivity (Wildman–Crippen MR) is 82.7 cm³/mol. The van der Waals surface area contributed by atoms with E-state index in [1.165, 1.54) is 0 Å². The average molecular weight is 360 g/mol. The highest BCUT2D eigenvalue weighted by atomic mass is 19.4. The lowest BCUT2D eigenvalue weighted by Crippen LogP contribution is -2.42. The summed E-state index contributed by atoms with van der Waals surface area (Å²) in [6.45, 7) is 3.53. The molecule has 0 radical (unpaired) electrons. The maximum Gasteiger partial charge on any atom is 0.416 e. The van der Waals surface area contributed by atoms with Gasteiger partial charge in [0.2, 0.25) is 0 Å². The van der Waals surface area contributed by atoms with E-state index in [9.17, 15) is 27.6 Å². The molecule has 1 aromatic carbocycles. The number of carbonyl (C=O) groups excluding carboxylic acids is 3. The molecule has 0 aromatic heterocycles. The summed E-state index contributed by atoms with van der Waals surface area (Å²) in [4.78, 5) is 34.6. The van der Waals surface area contributed by atoms with Crippen molar-refractivity contribution >= 4 is 17.9 Å². The molecule has 9 heteroatoms. The Balaban J connectivity index is 2.46. The van der Waals surface area contributed by atoms with Crippen LogP contribution in [0.3, 0.4) is 0 Å². The summed E-state index contributed by atoms with van der Waals surface area (Å²) in [6, 6.07) is 2.89. The summed E-state index contributed by atoms with van der Waals surface area (Å²) in [5, 5.41) is 4.40. The number of rotatable bonds is 6. The van der Waals surface area contributed by atoms with E-state index >= 15 is 0 Å². The lowest BCUT2D eigenvalue weighted by molar-refractivity contribution is -0.137. The Labute approximate surface area is 142 Å². The number of urea groups is 1. The fourth-order valence-corrected chi connectivity index (χ4v) is 1.72. The van der Waals surface area contributed by atoms with Gasteiger partial charge in [0, 0.05) is 6.54 Å². The second kappa shape index (κ2) is 9.05. The second-order valence-electron chi connectivity index (χ2n) is 5.64. The van der Waals surface area contributed by atoms with Crippen molar-refractivity contribution in [3.8, 4) is 0 Å². The zero-order chi connectivity index (χ0) is 19.0. The minimum atomic E-state index is -4.60. The number of imide groups is 1. The van der Waals surface area contributed by atoms with E-state index in [0.29, 0.717) is 18.5 Å². The van der Waals surface area contributed by atoms with Crippen molar-refractivity contribution in [2.24, 2.45) is 5.92 Å². The van der Waals surface area contributed by atoms with Crippen LogP contribution in [0.4, 0.5) is 18.0 Å². The summed E-state index contributed by atoms with van der Waals surface area (Å²) >= 11 is 0. The molecule has 138 valence electrons. The number of ether oxygens (including phenoxy) is 1. The smallest absolute Gasteiger partial charge is 0.416 e. The molecule has 3 amide bonds. The van der Waals surface area contributed by atoms with Crippen LogP contribution in [0.25, 0.3) is 0 Å². The highest BCUT2D eigenvalue weighted by Gasteiger charge is 2.31. The first-order valence-electron chi connectivity index (χ1n) is 7.51. The molecule has 0 aliphatic rings. The highest BCUT2D eigenvalue weighted by molar-refractivity contribution is 5.97. The molecular formula is C16H19F3N2O4. The van der Waals surface area contributed by atoms with Crippen LogP contribution in [0, 0.1) is 5.92 Å². The van der Waals surface area contributed by atoms with Gasteiger partial charge in [-0.2, -0.15) is 13.2 Å². The average Bonchev–Trinajstić information content (AvgIpc) is 2.51. The van der Waals surface area contributed by atoms with Crippen molar-refractivity contribution in [3.05, 3.63) is 35.4 Å². The Hall–Kier alpha value is -2.58. The fourth-order valence-electron chi connectivity index (χ4n) is 1.72. The van der Waals surface area contributed by atoms with E-state index in [4.69, 9.17) is 0 Å². The normalized spacial score (nSPS) is 11.1. The minimum Gasteiger partial charge on any atom is -0.452 e. The lowest BCUT2D eigenvalue weighted by Gasteiger charge is -2.10. The van der Waals surface area contributed by atoms with Crippen LogP contribution in [0.5, 0.6) is 0 Å². The summed E-state index contributed by atoms with van der Waals surface area (Å²) in [5.41, 5.74) is -1.35. The van der Waals surface area contributed by atoms with Crippen molar-refractivity contribution in [1.29, 1.82) is 0 Å². The molecule has 1 rings (SSSR count). The molecule has 1 aromatic rings. The Kier molecular flexibility index (Phi) is 7.41. The Morgan fingerprint density at radius 1 is 1.20 bits per heavy atom. The van der Waals surface area contributed by atoms with Crippen molar-refractivity contribution in [1.82, 2.24) is 10.6 Å². The maximum absolute atomic E-state index is 12.6. The van der Waals surface area contributed by atoms with E-state index in [1.807, 2.05) is 19.2 Å². The van der Waals surface area contributed by atoms with Crippen LogP contribution in [0.15, 0.2) is 24.3 Å².